The average molecular weight is 315 g/mol. The van der Waals surface area contributed by atoms with Gasteiger partial charge < -0.3 is 5.73 Å². The van der Waals surface area contributed by atoms with Gasteiger partial charge >= 0.3 is 0 Å². The summed E-state index contributed by atoms with van der Waals surface area (Å²) < 4.78 is 40.3. The highest BCUT2D eigenvalue weighted by atomic mass is 32.2. The number of carbonyl (C=O) groups excluding carboxylic acids is 2. The summed E-state index contributed by atoms with van der Waals surface area (Å²) in [6, 6.07) is 1.06. The number of piperidine rings is 1. The summed E-state index contributed by atoms with van der Waals surface area (Å²) in [5, 5.41) is 2.04. The number of hydrogen-bond acceptors (Lipinski definition) is 5. The van der Waals surface area contributed by atoms with Gasteiger partial charge in [0.25, 0.3) is 0 Å². The van der Waals surface area contributed by atoms with Crippen LogP contribution in [-0.2, 0) is 19.6 Å². The summed E-state index contributed by atoms with van der Waals surface area (Å²) in [6.45, 7) is 1.30. The molecule has 1 atom stereocenters. The first-order valence-electron chi connectivity index (χ1n) is 6.12. The average Bonchev–Trinajstić information content (AvgIpc) is 2.37. The normalized spacial score (nSPS) is 19.4. The van der Waals surface area contributed by atoms with Gasteiger partial charge in [-0.15, -0.1) is 0 Å². The molecule has 21 heavy (non-hydrogen) atoms. The monoisotopic (exact) mass is 315 g/mol. The third-order valence-electron chi connectivity index (χ3n) is 3.15. The SMILES string of the molecule is Cc1c(F)cc(N)cc1S(=O)(=O)NC1CCC(=O)NC1=O. The molecular weight excluding hydrogens is 301 g/mol. The van der Waals surface area contributed by atoms with E-state index in [0.717, 1.165) is 12.1 Å². The number of anilines is 1. The molecule has 0 spiro atoms. The molecular formula is C12H14FN3O4S. The summed E-state index contributed by atoms with van der Waals surface area (Å²) in [7, 11) is -4.13. The maximum Gasteiger partial charge on any atom is 0.244 e. The number of nitrogen functional groups attached to an aromatic ring is 1. The second kappa shape index (κ2) is 5.41. The number of hydrogen-bond donors (Lipinski definition) is 3. The number of amides is 2. The van der Waals surface area contributed by atoms with Crippen LogP contribution in [0, 0.1) is 12.7 Å². The fourth-order valence-corrected chi connectivity index (χ4v) is 3.53. The second-order valence-corrected chi connectivity index (χ2v) is 6.43. The van der Waals surface area contributed by atoms with E-state index in [2.05, 4.69) is 4.72 Å². The van der Waals surface area contributed by atoms with Crippen LogP contribution in [0.5, 0.6) is 0 Å². The molecule has 0 radical (unpaired) electrons. The molecule has 0 saturated carbocycles. The summed E-state index contributed by atoms with van der Waals surface area (Å²) in [5.74, 6) is -1.93. The highest BCUT2D eigenvalue weighted by molar-refractivity contribution is 7.89. The fourth-order valence-electron chi connectivity index (χ4n) is 2.01. The van der Waals surface area contributed by atoms with Crippen molar-refractivity contribution in [3.8, 4) is 0 Å². The summed E-state index contributed by atoms with van der Waals surface area (Å²) in [6.07, 6.45) is 0.0803. The smallest absolute Gasteiger partial charge is 0.244 e. The van der Waals surface area contributed by atoms with Gasteiger partial charge in [0.2, 0.25) is 21.8 Å². The molecule has 4 N–H and O–H groups in total. The standard InChI is InChI=1S/C12H14FN3O4S/c1-6-8(13)4-7(14)5-10(6)21(19,20)16-9-2-3-11(17)15-12(9)18/h4-5,9,16H,2-3,14H2,1H3,(H,15,17,18). The van der Waals surface area contributed by atoms with E-state index in [0.29, 0.717) is 0 Å². The van der Waals surface area contributed by atoms with E-state index in [1.165, 1.54) is 6.92 Å². The molecule has 1 aliphatic rings. The predicted octanol–water partition coefficient (Wildman–Crippen LogP) is -0.200. The molecule has 1 aliphatic heterocycles. The Balaban J connectivity index is 2.31. The van der Waals surface area contributed by atoms with Gasteiger partial charge in [-0.25, -0.2) is 12.8 Å². The Bertz CT molecular complexity index is 717. The van der Waals surface area contributed by atoms with Gasteiger partial charge in [0.1, 0.15) is 11.9 Å². The van der Waals surface area contributed by atoms with E-state index >= 15 is 0 Å². The Labute approximate surface area is 120 Å². The van der Waals surface area contributed by atoms with Gasteiger partial charge in [0, 0.05) is 17.7 Å². The van der Waals surface area contributed by atoms with Crippen molar-refractivity contribution in [1.82, 2.24) is 10.0 Å². The first-order valence-corrected chi connectivity index (χ1v) is 7.60. The van der Waals surface area contributed by atoms with E-state index in [1.807, 2.05) is 5.32 Å². The van der Waals surface area contributed by atoms with Gasteiger partial charge in [0.05, 0.1) is 4.90 Å². The molecule has 0 aromatic heterocycles. The fraction of sp³-hybridized carbons (Fsp3) is 0.333. The van der Waals surface area contributed by atoms with Crippen LogP contribution in [0.1, 0.15) is 18.4 Å². The molecule has 0 bridgehead atoms. The highest BCUT2D eigenvalue weighted by Gasteiger charge is 2.31. The van der Waals surface area contributed by atoms with E-state index in [1.54, 1.807) is 0 Å². The van der Waals surface area contributed by atoms with E-state index < -0.39 is 33.7 Å². The van der Waals surface area contributed by atoms with E-state index in [9.17, 15) is 22.4 Å². The molecule has 7 nitrogen and oxygen atoms in total. The molecule has 1 aromatic rings. The molecule has 1 aromatic carbocycles. The Morgan fingerprint density at radius 2 is 2.05 bits per heavy atom. The van der Waals surface area contributed by atoms with Crippen LogP contribution in [0.15, 0.2) is 17.0 Å². The lowest BCUT2D eigenvalue weighted by atomic mass is 10.1. The molecule has 114 valence electrons. The van der Waals surface area contributed by atoms with Gasteiger partial charge in [-0.1, -0.05) is 0 Å². The number of nitrogens with two attached hydrogens (primary N) is 1. The quantitative estimate of drug-likeness (QED) is 0.527. The Morgan fingerprint density at radius 1 is 1.38 bits per heavy atom. The van der Waals surface area contributed by atoms with Crippen LogP contribution in [0.4, 0.5) is 10.1 Å². The zero-order chi connectivity index (χ0) is 15.8. The van der Waals surface area contributed by atoms with Crippen molar-refractivity contribution >= 4 is 27.5 Å². The number of imide groups is 1. The third-order valence-corrected chi connectivity index (χ3v) is 4.74. The van der Waals surface area contributed by atoms with Gasteiger partial charge in [0.15, 0.2) is 0 Å². The number of benzene rings is 1. The van der Waals surface area contributed by atoms with Crippen LogP contribution in [0.25, 0.3) is 0 Å². The number of rotatable bonds is 3. The topological polar surface area (TPSA) is 118 Å². The largest absolute Gasteiger partial charge is 0.399 e. The van der Waals surface area contributed by atoms with Crippen molar-refractivity contribution in [2.75, 3.05) is 5.73 Å². The molecule has 2 amide bonds. The zero-order valence-electron chi connectivity index (χ0n) is 11.1. The highest BCUT2D eigenvalue weighted by Crippen LogP contribution is 2.22. The second-order valence-electron chi connectivity index (χ2n) is 4.75. The van der Waals surface area contributed by atoms with E-state index in [4.69, 9.17) is 5.73 Å². The maximum atomic E-state index is 13.6. The zero-order valence-corrected chi connectivity index (χ0v) is 12.0. The molecule has 1 heterocycles. The Hall–Kier alpha value is -2.00. The van der Waals surface area contributed by atoms with Crippen LogP contribution < -0.4 is 15.8 Å². The summed E-state index contributed by atoms with van der Waals surface area (Å²) >= 11 is 0. The third kappa shape index (κ3) is 3.19. The number of sulfonamides is 1. The number of carbonyl (C=O) groups is 2. The number of halogens is 1. The minimum absolute atomic E-state index is 0.0310. The summed E-state index contributed by atoms with van der Waals surface area (Å²) in [4.78, 5) is 22.3. The minimum Gasteiger partial charge on any atom is -0.399 e. The lowest BCUT2D eigenvalue weighted by Gasteiger charge is -2.22. The maximum absolute atomic E-state index is 13.6. The lowest BCUT2D eigenvalue weighted by Crippen LogP contribution is -2.52. The van der Waals surface area contributed by atoms with Gasteiger partial charge in [-0.2, -0.15) is 4.72 Å². The van der Waals surface area contributed by atoms with Crippen LogP contribution >= 0.6 is 0 Å². The molecule has 1 saturated heterocycles. The first kappa shape index (κ1) is 15.4. The van der Waals surface area contributed by atoms with Crippen molar-refractivity contribution in [1.29, 1.82) is 0 Å². The Morgan fingerprint density at radius 3 is 2.67 bits per heavy atom. The molecule has 1 unspecified atom stereocenters. The van der Waals surface area contributed by atoms with Crippen LogP contribution in [-0.4, -0.2) is 26.3 Å². The molecule has 1 fully saturated rings. The van der Waals surface area contributed by atoms with Crippen molar-refractivity contribution in [3.05, 3.63) is 23.5 Å². The van der Waals surface area contributed by atoms with Crippen LogP contribution in [0.3, 0.4) is 0 Å². The first-order chi connectivity index (χ1) is 9.70. The molecule has 0 aliphatic carbocycles. The van der Waals surface area contributed by atoms with Crippen molar-refractivity contribution < 1.29 is 22.4 Å². The van der Waals surface area contributed by atoms with E-state index in [-0.39, 0.29) is 29.0 Å². The van der Waals surface area contributed by atoms with Crippen LogP contribution in [0.2, 0.25) is 0 Å². The lowest BCUT2D eigenvalue weighted by molar-refractivity contribution is -0.134. The van der Waals surface area contributed by atoms with Crippen molar-refractivity contribution in [3.63, 3.8) is 0 Å². The molecule has 9 heteroatoms. The molecule has 2 rings (SSSR count). The van der Waals surface area contributed by atoms with Crippen molar-refractivity contribution in [2.45, 2.75) is 30.7 Å². The number of nitrogens with one attached hydrogen (secondary N) is 2. The minimum atomic E-state index is -4.13. The predicted molar refractivity (Wildman–Crippen MR) is 72.0 cm³/mol. The van der Waals surface area contributed by atoms with Crippen molar-refractivity contribution in [2.24, 2.45) is 0 Å². The van der Waals surface area contributed by atoms with Gasteiger partial charge in [-0.3, -0.25) is 14.9 Å². The Kier molecular flexibility index (Phi) is 3.97. The van der Waals surface area contributed by atoms with Gasteiger partial charge in [-0.05, 0) is 25.5 Å². The summed E-state index contributed by atoms with van der Waals surface area (Å²) in [5.41, 5.74) is 5.31.